The van der Waals surface area contributed by atoms with Crippen LogP contribution in [0.4, 0.5) is 5.82 Å². The van der Waals surface area contributed by atoms with Gasteiger partial charge in [-0.2, -0.15) is 5.10 Å². The molecule has 0 unspecified atom stereocenters. The standard InChI is InChI=1S/C13H9N7O2/c1-22-13(21)10-8-4-2-3-5-9(8)20(18-10)12-11(17-19-14)15-6-7-16-12/h2-7H,1H3. The number of esters is 1. The number of para-hydroxylation sites is 1. The maximum Gasteiger partial charge on any atom is 0.359 e. The van der Waals surface area contributed by atoms with E-state index in [9.17, 15) is 4.79 Å². The third kappa shape index (κ3) is 2.11. The number of aromatic nitrogens is 4. The Morgan fingerprint density at radius 3 is 2.86 bits per heavy atom. The summed E-state index contributed by atoms with van der Waals surface area (Å²) in [7, 11) is 1.28. The van der Waals surface area contributed by atoms with Crippen molar-refractivity contribution in [1.82, 2.24) is 19.7 Å². The van der Waals surface area contributed by atoms with E-state index in [1.807, 2.05) is 0 Å². The third-order valence-electron chi connectivity index (χ3n) is 2.97. The van der Waals surface area contributed by atoms with E-state index in [4.69, 9.17) is 10.3 Å². The van der Waals surface area contributed by atoms with Crippen LogP contribution in [-0.4, -0.2) is 32.8 Å². The lowest BCUT2D eigenvalue weighted by Gasteiger charge is -2.03. The van der Waals surface area contributed by atoms with E-state index < -0.39 is 5.97 Å². The summed E-state index contributed by atoms with van der Waals surface area (Å²) in [5, 5.41) is 8.33. The Bertz CT molecular complexity index is 912. The summed E-state index contributed by atoms with van der Waals surface area (Å²) in [5.41, 5.74) is 9.39. The van der Waals surface area contributed by atoms with Crippen LogP contribution >= 0.6 is 0 Å². The Hall–Kier alpha value is -3.45. The first kappa shape index (κ1) is 13.5. The largest absolute Gasteiger partial charge is 0.464 e. The van der Waals surface area contributed by atoms with E-state index in [1.165, 1.54) is 24.2 Å². The molecule has 0 spiro atoms. The molecule has 2 aromatic heterocycles. The van der Waals surface area contributed by atoms with Gasteiger partial charge in [0.25, 0.3) is 0 Å². The number of azide groups is 1. The average molecular weight is 295 g/mol. The van der Waals surface area contributed by atoms with Crippen molar-refractivity contribution in [2.24, 2.45) is 5.11 Å². The minimum absolute atomic E-state index is 0.0645. The fourth-order valence-corrected chi connectivity index (χ4v) is 2.06. The van der Waals surface area contributed by atoms with Crippen LogP contribution in [0.5, 0.6) is 0 Å². The first-order valence-electron chi connectivity index (χ1n) is 6.19. The zero-order valence-corrected chi connectivity index (χ0v) is 11.4. The number of carbonyl (C=O) groups is 1. The lowest BCUT2D eigenvalue weighted by molar-refractivity contribution is 0.0595. The van der Waals surface area contributed by atoms with Crippen LogP contribution in [0.3, 0.4) is 0 Å². The van der Waals surface area contributed by atoms with E-state index >= 15 is 0 Å². The fraction of sp³-hybridized carbons (Fsp3) is 0.0769. The monoisotopic (exact) mass is 295 g/mol. The smallest absolute Gasteiger partial charge is 0.359 e. The molecule has 3 rings (SSSR count). The van der Waals surface area contributed by atoms with Crippen molar-refractivity contribution in [2.45, 2.75) is 0 Å². The van der Waals surface area contributed by atoms with Crippen molar-refractivity contribution in [3.8, 4) is 5.82 Å². The molecular formula is C13H9N7O2. The van der Waals surface area contributed by atoms with Gasteiger partial charge in [-0.25, -0.2) is 19.4 Å². The van der Waals surface area contributed by atoms with Gasteiger partial charge in [0.15, 0.2) is 17.3 Å². The van der Waals surface area contributed by atoms with Crippen molar-refractivity contribution in [3.63, 3.8) is 0 Å². The highest BCUT2D eigenvalue weighted by molar-refractivity contribution is 6.02. The second kappa shape index (κ2) is 5.51. The first-order chi connectivity index (χ1) is 10.8. The predicted octanol–water partition coefficient (Wildman–Crippen LogP) is 2.54. The lowest BCUT2D eigenvalue weighted by Crippen LogP contribution is -2.05. The number of rotatable bonds is 3. The van der Waals surface area contributed by atoms with Crippen LogP contribution in [0.1, 0.15) is 10.5 Å². The Kier molecular flexibility index (Phi) is 3.39. The Balaban J connectivity index is 2.33. The Labute approximate surface area is 123 Å². The summed E-state index contributed by atoms with van der Waals surface area (Å²) in [6.45, 7) is 0. The highest BCUT2D eigenvalue weighted by Gasteiger charge is 2.20. The molecular weight excluding hydrogens is 286 g/mol. The van der Waals surface area contributed by atoms with Crippen molar-refractivity contribution in [3.05, 3.63) is 52.8 Å². The summed E-state index contributed by atoms with van der Waals surface area (Å²) >= 11 is 0. The molecule has 0 fully saturated rings. The molecule has 0 aliphatic carbocycles. The quantitative estimate of drug-likeness (QED) is 0.318. The van der Waals surface area contributed by atoms with Gasteiger partial charge in [-0.15, -0.1) is 0 Å². The number of carbonyl (C=O) groups excluding carboxylic acids is 1. The highest BCUT2D eigenvalue weighted by atomic mass is 16.5. The molecule has 0 atom stereocenters. The molecule has 0 saturated heterocycles. The number of ether oxygens (including phenoxy) is 1. The van der Waals surface area contributed by atoms with Gasteiger partial charge in [-0.3, -0.25) is 0 Å². The number of methoxy groups -OCH3 is 1. The molecule has 9 nitrogen and oxygen atoms in total. The van der Waals surface area contributed by atoms with Gasteiger partial charge in [-0.1, -0.05) is 18.2 Å². The zero-order valence-electron chi connectivity index (χ0n) is 11.4. The van der Waals surface area contributed by atoms with Gasteiger partial charge < -0.3 is 4.74 Å². The summed E-state index contributed by atoms with van der Waals surface area (Å²) in [5.74, 6) is -0.273. The molecule has 2 heterocycles. The van der Waals surface area contributed by atoms with E-state index in [0.717, 1.165) is 0 Å². The van der Waals surface area contributed by atoms with Crippen molar-refractivity contribution < 1.29 is 9.53 Å². The molecule has 0 N–H and O–H groups in total. The number of fused-ring (bicyclic) bond motifs is 1. The fourth-order valence-electron chi connectivity index (χ4n) is 2.06. The minimum Gasteiger partial charge on any atom is -0.464 e. The molecule has 0 aliphatic heterocycles. The molecule has 9 heteroatoms. The summed E-state index contributed by atoms with van der Waals surface area (Å²) < 4.78 is 6.14. The normalized spacial score (nSPS) is 10.2. The van der Waals surface area contributed by atoms with Crippen LogP contribution in [0.15, 0.2) is 41.8 Å². The Morgan fingerprint density at radius 1 is 1.32 bits per heavy atom. The zero-order chi connectivity index (χ0) is 15.5. The van der Waals surface area contributed by atoms with Gasteiger partial charge in [0.1, 0.15) is 0 Å². The number of hydrogen-bond donors (Lipinski definition) is 0. The van der Waals surface area contributed by atoms with Crippen molar-refractivity contribution in [2.75, 3.05) is 7.11 Å². The molecule has 0 aliphatic rings. The first-order valence-corrected chi connectivity index (χ1v) is 6.19. The highest BCUT2D eigenvalue weighted by Crippen LogP contribution is 2.25. The van der Waals surface area contributed by atoms with E-state index in [2.05, 4.69) is 25.1 Å². The van der Waals surface area contributed by atoms with Crippen LogP contribution in [0.2, 0.25) is 0 Å². The van der Waals surface area contributed by atoms with Gasteiger partial charge in [-0.05, 0) is 16.7 Å². The number of nitrogens with zero attached hydrogens (tertiary/aromatic N) is 7. The number of hydrogen-bond acceptors (Lipinski definition) is 6. The minimum atomic E-state index is -0.566. The van der Waals surface area contributed by atoms with Crippen LogP contribution in [-0.2, 0) is 4.74 Å². The summed E-state index contributed by atoms with van der Waals surface area (Å²) in [4.78, 5) is 22.7. The average Bonchev–Trinajstić information content (AvgIpc) is 2.95. The van der Waals surface area contributed by atoms with Gasteiger partial charge >= 0.3 is 5.97 Å². The molecule has 0 bridgehead atoms. The molecule has 0 saturated carbocycles. The van der Waals surface area contributed by atoms with Crippen LogP contribution in [0.25, 0.3) is 27.2 Å². The molecule has 0 radical (unpaired) electrons. The topological polar surface area (TPSA) is 119 Å². The van der Waals surface area contributed by atoms with E-state index in [-0.39, 0.29) is 17.3 Å². The predicted molar refractivity (Wildman–Crippen MR) is 76.8 cm³/mol. The summed E-state index contributed by atoms with van der Waals surface area (Å²) in [6, 6.07) is 7.09. The molecule has 22 heavy (non-hydrogen) atoms. The molecule has 3 aromatic rings. The molecule has 1 aromatic carbocycles. The van der Waals surface area contributed by atoms with Crippen molar-refractivity contribution >= 4 is 22.7 Å². The van der Waals surface area contributed by atoms with E-state index in [0.29, 0.717) is 10.9 Å². The maximum atomic E-state index is 11.9. The third-order valence-corrected chi connectivity index (χ3v) is 2.97. The Morgan fingerprint density at radius 2 is 2.09 bits per heavy atom. The molecule has 0 amide bonds. The lowest BCUT2D eigenvalue weighted by atomic mass is 10.2. The van der Waals surface area contributed by atoms with Crippen molar-refractivity contribution in [1.29, 1.82) is 0 Å². The second-order valence-electron chi connectivity index (χ2n) is 4.16. The van der Waals surface area contributed by atoms with Crippen LogP contribution in [0, 0.1) is 0 Å². The second-order valence-corrected chi connectivity index (χ2v) is 4.16. The number of benzene rings is 1. The maximum absolute atomic E-state index is 11.9. The SMILES string of the molecule is COC(=O)c1nn(-c2nccnc2N=[N+]=[N-])c2ccccc12. The van der Waals surface area contributed by atoms with Gasteiger partial charge in [0.2, 0.25) is 0 Å². The van der Waals surface area contributed by atoms with Crippen LogP contribution < -0.4 is 0 Å². The summed E-state index contributed by atoms with van der Waals surface area (Å²) in [6.07, 6.45) is 2.85. The van der Waals surface area contributed by atoms with E-state index in [1.54, 1.807) is 24.3 Å². The molecule has 108 valence electrons. The van der Waals surface area contributed by atoms with Gasteiger partial charge in [0.05, 0.1) is 12.6 Å². The van der Waals surface area contributed by atoms with Gasteiger partial charge in [0, 0.05) is 22.7 Å².